The number of hydrogen-bond donors (Lipinski definition) is 1. The van der Waals surface area contributed by atoms with Crippen LogP contribution >= 0.6 is 23.2 Å². The Morgan fingerprint density at radius 1 is 1.17 bits per heavy atom. The lowest BCUT2D eigenvalue weighted by atomic mass is 10.1. The Balaban J connectivity index is 2.68. The van der Waals surface area contributed by atoms with Crippen molar-refractivity contribution in [2.45, 2.75) is 0 Å². The number of pyridine rings is 1. The number of rotatable bonds is 2. The van der Waals surface area contributed by atoms with Gasteiger partial charge in [0.25, 0.3) is 5.69 Å². The minimum Gasteiger partial charge on any atom is -0.384 e. The molecule has 0 fully saturated rings. The van der Waals surface area contributed by atoms with Crippen molar-refractivity contribution < 1.29 is 4.92 Å². The van der Waals surface area contributed by atoms with Gasteiger partial charge in [-0.3, -0.25) is 10.1 Å². The van der Waals surface area contributed by atoms with Crippen molar-refractivity contribution in [3.63, 3.8) is 0 Å². The Morgan fingerprint density at radius 3 is 2.33 bits per heavy atom. The van der Waals surface area contributed by atoms with Gasteiger partial charge in [-0.05, 0) is 24.3 Å². The van der Waals surface area contributed by atoms with E-state index in [1.54, 1.807) is 12.1 Å². The second kappa shape index (κ2) is 4.80. The van der Waals surface area contributed by atoms with Gasteiger partial charge in [-0.15, -0.1) is 0 Å². The van der Waals surface area contributed by atoms with Crippen LogP contribution < -0.4 is 5.73 Å². The molecule has 0 aliphatic heterocycles. The molecule has 0 aliphatic rings. The zero-order chi connectivity index (χ0) is 13.3. The Morgan fingerprint density at radius 2 is 1.78 bits per heavy atom. The average molecular weight is 284 g/mol. The van der Waals surface area contributed by atoms with Gasteiger partial charge in [0.2, 0.25) is 0 Å². The molecule has 0 atom stereocenters. The van der Waals surface area contributed by atoms with Crippen LogP contribution in [0.2, 0.25) is 10.0 Å². The van der Waals surface area contributed by atoms with E-state index >= 15 is 0 Å². The quantitative estimate of drug-likeness (QED) is 0.675. The molecule has 92 valence electrons. The SMILES string of the molecule is Nc1ccc([N+](=O)[O-])c(-c2cc(Cl)cc(Cl)c2)n1. The standard InChI is InChI=1S/C11H7Cl2N3O2/c12-7-3-6(4-8(13)5-7)11-9(16(17)18)1-2-10(14)15-11/h1-5H,(H2,14,15). The minimum atomic E-state index is -0.531. The fourth-order valence-corrected chi connectivity index (χ4v) is 2.04. The van der Waals surface area contributed by atoms with Crippen molar-refractivity contribution in [2.24, 2.45) is 0 Å². The monoisotopic (exact) mass is 283 g/mol. The van der Waals surface area contributed by atoms with Crippen LogP contribution in [0.25, 0.3) is 11.3 Å². The molecule has 18 heavy (non-hydrogen) atoms. The third-order valence-corrected chi connectivity index (χ3v) is 2.66. The van der Waals surface area contributed by atoms with Crippen LogP contribution in [0.4, 0.5) is 11.5 Å². The second-order valence-electron chi connectivity index (χ2n) is 3.52. The van der Waals surface area contributed by atoms with Crippen molar-refractivity contribution >= 4 is 34.7 Å². The molecule has 0 radical (unpaired) electrons. The second-order valence-corrected chi connectivity index (χ2v) is 4.39. The van der Waals surface area contributed by atoms with E-state index in [0.29, 0.717) is 15.6 Å². The van der Waals surface area contributed by atoms with Crippen LogP contribution in [0.3, 0.4) is 0 Å². The van der Waals surface area contributed by atoms with Gasteiger partial charge in [-0.25, -0.2) is 4.98 Å². The summed E-state index contributed by atoms with van der Waals surface area (Å²) in [7, 11) is 0. The number of halogens is 2. The number of nitrogens with zero attached hydrogens (tertiary/aromatic N) is 2. The maximum absolute atomic E-state index is 10.9. The molecular formula is C11H7Cl2N3O2. The number of nitro groups is 1. The van der Waals surface area contributed by atoms with E-state index in [4.69, 9.17) is 28.9 Å². The zero-order valence-corrected chi connectivity index (χ0v) is 10.4. The first-order chi connectivity index (χ1) is 8.47. The van der Waals surface area contributed by atoms with Crippen molar-refractivity contribution in [2.75, 3.05) is 5.73 Å². The molecule has 0 spiro atoms. The number of aromatic nitrogens is 1. The largest absolute Gasteiger partial charge is 0.384 e. The van der Waals surface area contributed by atoms with Crippen LogP contribution in [0, 0.1) is 10.1 Å². The highest BCUT2D eigenvalue weighted by atomic mass is 35.5. The van der Waals surface area contributed by atoms with Gasteiger partial charge in [0.15, 0.2) is 5.69 Å². The lowest BCUT2D eigenvalue weighted by Crippen LogP contribution is -1.98. The number of nitrogen functional groups attached to an aromatic ring is 1. The van der Waals surface area contributed by atoms with Crippen LogP contribution in [0.5, 0.6) is 0 Å². The molecule has 2 aromatic rings. The Labute approximate surface area is 112 Å². The van der Waals surface area contributed by atoms with Gasteiger partial charge in [0.1, 0.15) is 5.82 Å². The smallest absolute Gasteiger partial charge is 0.295 e. The van der Waals surface area contributed by atoms with Crippen LogP contribution in [-0.2, 0) is 0 Å². The number of anilines is 1. The van der Waals surface area contributed by atoms with Crippen molar-refractivity contribution in [1.29, 1.82) is 0 Å². The van der Waals surface area contributed by atoms with E-state index < -0.39 is 4.92 Å². The molecule has 7 heteroatoms. The summed E-state index contributed by atoms with van der Waals surface area (Å²) in [4.78, 5) is 14.4. The third kappa shape index (κ3) is 2.52. The Kier molecular flexibility index (Phi) is 3.36. The molecule has 0 amide bonds. The lowest BCUT2D eigenvalue weighted by molar-refractivity contribution is -0.384. The fourth-order valence-electron chi connectivity index (χ4n) is 1.52. The van der Waals surface area contributed by atoms with Gasteiger partial charge >= 0.3 is 0 Å². The fraction of sp³-hybridized carbons (Fsp3) is 0. The van der Waals surface area contributed by atoms with Crippen molar-refractivity contribution in [1.82, 2.24) is 4.98 Å². The maximum Gasteiger partial charge on any atom is 0.295 e. The number of hydrogen-bond acceptors (Lipinski definition) is 4. The molecule has 1 aromatic carbocycles. The average Bonchev–Trinajstić information content (AvgIpc) is 2.27. The summed E-state index contributed by atoms with van der Waals surface area (Å²) in [6, 6.07) is 7.29. The molecule has 0 unspecified atom stereocenters. The van der Waals surface area contributed by atoms with Crippen LogP contribution in [-0.4, -0.2) is 9.91 Å². The third-order valence-electron chi connectivity index (χ3n) is 2.23. The summed E-state index contributed by atoms with van der Waals surface area (Å²) >= 11 is 11.7. The van der Waals surface area contributed by atoms with Gasteiger partial charge in [-0.1, -0.05) is 23.2 Å². The molecule has 1 aromatic heterocycles. The first kappa shape index (κ1) is 12.6. The number of nitrogens with two attached hydrogens (primary N) is 1. The van der Waals surface area contributed by atoms with Gasteiger partial charge in [-0.2, -0.15) is 0 Å². The Bertz CT molecular complexity index is 611. The predicted octanol–water partition coefficient (Wildman–Crippen LogP) is 3.55. The normalized spacial score (nSPS) is 10.3. The van der Waals surface area contributed by atoms with Crippen molar-refractivity contribution in [3.8, 4) is 11.3 Å². The topological polar surface area (TPSA) is 82.0 Å². The highest BCUT2D eigenvalue weighted by Crippen LogP contribution is 2.32. The van der Waals surface area contributed by atoms with E-state index in [0.717, 1.165) is 0 Å². The molecule has 0 saturated heterocycles. The summed E-state index contributed by atoms with van der Waals surface area (Å²) < 4.78 is 0. The minimum absolute atomic E-state index is 0.143. The van der Waals surface area contributed by atoms with Gasteiger partial charge in [0.05, 0.1) is 4.92 Å². The maximum atomic E-state index is 10.9. The van der Waals surface area contributed by atoms with Crippen LogP contribution in [0.1, 0.15) is 0 Å². The molecule has 2 rings (SSSR count). The van der Waals surface area contributed by atoms with Gasteiger partial charge < -0.3 is 5.73 Å². The van der Waals surface area contributed by atoms with E-state index in [9.17, 15) is 10.1 Å². The summed E-state index contributed by atoms with van der Waals surface area (Å²) in [5, 5.41) is 11.7. The summed E-state index contributed by atoms with van der Waals surface area (Å²) in [6.07, 6.45) is 0. The molecular weight excluding hydrogens is 277 g/mol. The Hall–Kier alpha value is -1.85. The van der Waals surface area contributed by atoms with Gasteiger partial charge in [0, 0.05) is 21.7 Å². The van der Waals surface area contributed by atoms with E-state index in [1.165, 1.54) is 18.2 Å². The number of benzene rings is 1. The summed E-state index contributed by atoms with van der Waals surface area (Å²) in [5.74, 6) is 0.187. The first-order valence-corrected chi connectivity index (χ1v) is 5.60. The highest BCUT2D eigenvalue weighted by molar-refractivity contribution is 6.35. The van der Waals surface area contributed by atoms with E-state index in [2.05, 4.69) is 4.98 Å². The first-order valence-electron chi connectivity index (χ1n) is 4.85. The molecule has 2 N–H and O–H groups in total. The molecule has 0 aliphatic carbocycles. The summed E-state index contributed by atoms with van der Waals surface area (Å²) in [5.41, 5.74) is 5.98. The molecule has 0 bridgehead atoms. The predicted molar refractivity (Wildman–Crippen MR) is 70.8 cm³/mol. The van der Waals surface area contributed by atoms with E-state index in [1.807, 2.05) is 0 Å². The molecule has 0 saturated carbocycles. The van der Waals surface area contributed by atoms with Crippen molar-refractivity contribution in [3.05, 3.63) is 50.5 Å². The lowest BCUT2D eigenvalue weighted by Gasteiger charge is -2.04. The highest BCUT2D eigenvalue weighted by Gasteiger charge is 2.18. The van der Waals surface area contributed by atoms with E-state index in [-0.39, 0.29) is 17.2 Å². The summed E-state index contributed by atoms with van der Waals surface area (Å²) in [6.45, 7) is 0. The molecule has 1 heterocycles. The zero-order valence-electron chi connectivity index (χ0n) is 8.93. The van der Waals surface area contributed by atoms with Crippen LogP contribution in [0.15, 0.2) is 30.3 Å². The molecule has 5 nitrogen and oxygen atoms in total.